The quantitative estimate of drug-likeness (QED) is 0.833. The molecule has 0 atom stereocenters. The van der Waals surface area contributed by atoms with Gasteiger partial charge in [0.25, 0.3) is 0 Å². The predicted octanol–water partition coefficient (Wildman–Crippen LogP) is 4.11. The van der Waals surface area contributed by atoms with E-state index in [1.807, 2.05) is 6.08 Å². The van der Waals surface area contributed by atoms with Crippen molar-refractivity contribution in [1.29, 1.82) is 0 Å². The molecule has 0 fully saturated rings. The fourth-order valence-corrected chi connectivity index (χ4v) is 2.82. The normalized spacial score (nSPS) is 11.1. The summed E-state index contributed by atoms with van der Waals surface area (Å²) in [5.74, 6) is 0.754. The van der Waals surface area contributed by atoms with Crippen LogP contribution in [0.5, 0.6) is 0 Å². The molecule has 0 aliphatic carbocycles. The zero-order valence-electron chi connectivity index (χ0n) is 8.04. The van der Waals surface area contributed by atoms with Crippen LogP contribution in [-0.4, -0.2) is 10.9 Å². The summed E-state index contributed by atoms with van der Waals surface area (Å²) in [7, 11) is 0. The first-order valence-electron chi connectivity index (χ1n) is 4.15. The summed E-state index contributed by atoms with van der Waals surface area (Å²) in [6.45, 7) is 3.66. The minimum Gasteiger partial charge on any atom is -0.288 e. The number of thiophene rings is 1. The summed E-state index contributed by atoms with van der Waals surface area (Å²) in [6, 6.07) is 2.13. The summed E-state index contributed by atoms with van der Waals surface area (Å²) < 4.78 is 1.18. The van der Waals surface area contributed by atoms with Gasteiger partial charge in [0.05, 0.1) is 3.79 Å². The molecule has 0 bridgehead atoms. The van der Waals surface area contributed by atoms with Gasteiger partial charge < -0.3 is 0 Å². The standard InChI is InChI=1S/C10H11BrOS2/c1-7-6-9(14-10(7)11)4-3-5-13-8(2)12/h3-4,6H,5H2,1-2H3. The van der Waals surface area contributed by atoms with E-state index in [0.717, 1.165) is 5.75 Å². The molecule has 0 saturated carbocycles. The Labute approximate surface area is 101 Å². The Balaban J connectivity index is 2.48. The minimum absolute atomic E-state index is 0.165. The first-order valence-corrected chi connectivity index (χ1v) is 6.75. The molecule has 0 N–H and O–H groups in total. The van der Waals surface area contributed by atoms with Crippen LogP contribution in [0.25, 0.3) is 6.08 Å². The Morgan fingerprint density at radius 1 is 1.71 bits per heavy atom. The van der Waals surface area contributed by atoms with Crippen LogP contribution in [0.3, 0.4) is 0 Å². The highest BCUT2D eigenvalue weighted by Gasteiger charge is 1.98. The van der Waals surface area contributed by atoms with Gasteiger partial charge in [-0.15, -0.1) is 11.3 Å². The van der Waals surface area contributed by atoms with Gasteiger partial charge in [-0.05, 0) is 40.6 Å². The molecule has 1 rings (SSSR count). The number of hydrogen-bond donors (Lipinski definition) is 0. The topological polar surface area (TPSA) is 17.1 Å². The molecule has 0 unspecified atom stereocenters. The molecule has 76 valence electrons. The van der Waals surface area contributed by atoms with Gasteiger partial charge in [-0.3, -0.25) is 4.79 Å². The van der Waals surface area contributed by atoms with E-state index < -0.39 is 0 Å². The Hall–Kier alpha value is -0.0600. The molecule has 1 heterocycles. The largest absolute Gasteiger partial charge is 0.288 e. The number of rotatable bonds is 3. The highest BCUT2D eigenvalue weighted by molar-refractivity contribution is 9.11. The van der Waals surface area contributed by atoms with E-state index in [2.05, 4.69) is 35.0 Å². The van der Waals surface area contributed by atoms with Crippen molar-refractivity contribution in [3.63, 3.8) is 0 Å². The van der Waals surface area contributed by atoms with Crippen molar-refractivity contribution in [3.05, 3.63) is 26.4 Å². The maximum absolute atomic E-state index is 10.6. The van der Waals surface area contributed by atoms with Crippen LogP contribution in [0.2, 0.25) is 0 Å². The highest BCUT2D eigenvalue weighted by Crippen LogP contribution is 2.28. The molecule has 0 aliphatic heterocycles. The predicted molar refractivity (Wildman–Crippen MR) is 68.9 cm³/mol. The summed E-state index contributed by atoms with van der Waals surface area (Å²) in [4.78, 5) is 11.9. The van der Waals surface area contributed by atoms with Crippen LogP contribution >= 0.6 is 39.0 Å². The first-order chi connectivity index (χ1) is 6.59. The van der Waals surface area contributed by atoms with Crippen LogP contribution in [0.1, 0.15) is 17.4 Å². The lowest BCUT2D eigenvalue weighted by Gasteiger charge is -1.87. The lowest BCUT2D eigenvalue weighted by molar-refractivity contribution is -0.109. The van der Waals surface area contributed by atoms with Gasteiger partial charge in [0.2, 0.25) is 0 Å². The third kappa shape index (κ3) is 3.98. The molecule has 1 nitrogen and oxygen atoms in total. The fourth-order valence-electron chi connectivity index (χ4n) is 0.895. The van der Waals surface area contributed by atoms with Crippen LogP contribution < -0.4 is 0 Å². The van der Waals surface area contributed by atoms with Gasteiger partial charge in [0.15, 0.2) is 5.12 Å². The number of thioether (sulfide) groups is 1. The van der Waals surface area contributed by atoms with Crippen LogP contribution in [0.4, 0.5) is 0 Å². The van der Waals surface area contributed by atoms with Gasteiger partial charge in [-0.1, -0.05) is 17.8 Å². The molecule has 0 saturated heterocycles. The van der Waals surface area contributed by atoms with E-state index in [-0.39, 0.29) is 5.12 Å². The highest BCUT2D eigenvalue weighted by atomic mass is 79.9. The van der Waals surface area contributed by atoms with E-state index in [9.17, 15) is 4.79 Å². The monoisotopic (exact) mass is 290 g/mol. The molecule has 14 heavy (non-hydrogen) atoms. The van der Waals surface area contributed by atoms with Crippen molar-refractivity contribution in [2.45, 2.75) is 13.8 Å². The smallest absolute Gasteiger partial charge is 0.186 e. The van der Waals surface area contributed by atoms with Crippen LogP contribution in [0, 0.1) is 6.92 Å². The van der Waals surface area contributed by atoms with Gasteiger partial charge in [-0.25, -0.2) is 0 Å². The molecule has 0 amide bonds. The SMILES string of the molecule is CC(=O)SCC=Cc1cc(C)c(Br)s1. The van der Waals surface area contributed by atoms with E-state index in [1.165, 1.54) is 26.0 Å². The molecule has 0 aliphatic rings. The zero-order chi connectivity index (χ0) is 10.6. The van der Waals surface area contributed by atoms with Crippen molar-refractivity contribution in [1.82, 2.24) is 0 Å². The lowest BCUT2D eigenvalue weighted by Crippen LogP contribution is -1.80. The van der Waals surface area contributed by atoms with Crippen molar-refractivity contribution in [2.75, 3.05) is 5.75 Å². The Bertz CT molecular complexity index is 336. The average molecular weight is 291 g/mol. The van der Waals surface area contributed by atoms with Crippen LogP contribution in [-0.2, 0) is 4.79 Å². The number of hydrogen-bond acceptors (Lipinski definition) is 3. The maximum atomic E-state index is 10.6. The fraction of sp³-hybridized carbons (Fsp3) is 0.300. The van der Waals surface area contributed by atoms with Crippen molar-refractivity contribution in [3.8, 4) is 0 Å². The molecular weight excluding hydrogens is 280 g/mol. The van der Waals surface area contributed by atoms with E-state index in [4.69, 9.17) is 0 Å². The summed E-state index contributed by atoms with van der Waals surface area (Å²) in [6.07, 6.45) is 4.07. The third-order valence-electron chi connectivity index (χ3n) is 1.54. The average Bonchev–Trinajstić information content (AvgIpc) is 2.40. The van der Waals surface area contributed by atoms with Gasteiger partial charge in [-0.2, -0.15) is 0 Å². The van der Waals surface area contributed by atoms with Crippen molar-refractivity contribution >= 4 is 50.2 Å². The Morgan fingerprint density at radius 3 is 2.93 bits per heavy atom. The first kappa shape index (κ1) is 12.0. The molecule has 4 heteroatoms. The summed E-state index contributed by atoms with van der Waals surface area (Å²) in [5, 5.41) is 0.165. The molecule has 0 aromatic carbocycles. The van der Waals surface area contributed by atoms with E-state index >= 15 is 0 Å². The van der Waals surface area contributed by atoms with Gasteiger partial charge in [0.1, 0.15) is 0 Å². The van der Waals surface area contributed by atoms with Crippen molar-refractivity contribution < 1.29 is 4.79 Å². The second kappa shape index (κ2) is 5.73. The number of carbonyl (C=O) groups excluding carboxylic acids is 1. The Morgan fingerprint density at radius 2 is 2.43 bits per heavy atom. The molecule has 0 radical (unpaired) electrons. The summed E-state index contributed by atoms with van der Waals surface area (Å²) in [5.41, 5.74) is 1.26. The van der Waals surface area contributed by atoms with E-state index in [1.54, 1.807) is 18.3 Å². The van der Waals surface area contributed by atoms with Crippen molar-refractivity contribution in [2.24, 2.45) is 0 Å². The minimum atomic E-state index is 0.165. The third-order valence-corrected chi connectivity index (χ3v) is 4.41. The van der Waals surface area contributed by atoms with Gasteiger partial charge >= 0.3 is 0 Å². The van der Waals surface area contributed by atoms with Crippen LogP contribution in [0.15, 0.2) is 15.9 Å². The number of halogens is 1. The molecular formula is C10H11BrOS2. The molecule has 1 aromatic rings. The maximum Gasteiger partial charge on any atom is 0.186 e. The second-order valence-electron chi connectivity index (χ2n) is 2.81. The zero-order valence-corrected chi connectivity index (χ0v) is 11.3. The lowest BCUT2D eigenvalue weighted by atomic mass is 10.3. The van der Waals surface area contributed by atoms with E-state index in [0.29, 0.717) is 0 Å². The second-order valence-corrected chi connectivity index (χ2v) is 6.41. The number of aryl methyl sites for hydroxylation is 1. The summed E-state index contributed by atoms with van der Waals surface area (Å²) >= 11 is 6.51. The molecule has 1 aromatic heterocycles. The Kier molecular flexibility index (Phi) is 4.92. The number of carbonyl (C=O) groups is 1. The van der Waals surface area contributed by atoms with Gasteiger partial charge in [0, 0.05) is 17.6 Å². The molecule has 0 spiro atoms.